The Morgan fingerprint density at radius 3 is 2.36 bits per heavy atom. The van der Waals surface area contributed by atoms with E-state index in [1.54, 1.807) is 4.90 Å². The zero-order valence-corrected chi connectivity index (χ0v) is 13.5. The number of aliphatic carboxylic acids is 1. The van der Waals surface area contributed by atoms with Crippen LogP contribution in [0.3, 0.4) is 0 Å². The lowest BCUT2D eigenvalue weighted by atomic mass is 10.1. The molecular formula is C17H25NO4. The van der Waals surface area contributed by atoms with Crippen LogP contribution in [-0.2, 0) is 9.59 Å². The third kappa shape index (κ3) is 6.16. The van der Waals surface area contributed by atoms with Crippen LogP contribution in [0.4, 0.5) is 0 Å². The summed E-state index contributed by atoms with van der Waals surface area (Å²) in [5.74, 6) is -0.319. The molecule has 1 amide bonds. The number of hydrogen-bond acceptors (Lipinski definition) is 3. The summed E-state index contributed by atoms with van der Waals surface area (Å²) >= 11 is 0. The summed E-state index contributed by atoms with van der Waals surface area (Å²) < 4.78 is 5.60. The van der Waals surface area contributed by atoms with Gasteiger partial charge < -0.3 is 14.7 Å². The molecule has 0 aliphatic carbocycles. The molecule has 0 aromatic heterocycles. The summed E-state index contributed by atoms with van der Waals surface area (Å²) in [6.45, 7) is 6.35. The highest BCUT2D eigenvalue weighted by Gasteiger charge is 2.23. The third-order valence-electron chi connectivity index (χ3n) is 3.46. The molecule has 0 fully saturated rings. The number of rotatable bonds is 9. The van der Waals surface area contributed by atoms with E-state index in [2.05, 4.69) is 0 Å². The molecule has 0 radical (unpaired) electrons. The second-order valence-corrected chi connectivity index (χ2v) is 5.62. The lowest BCUT2D eigenvalue weighted by molar-refractivity contribution is -0.140. The fourth-order valence-electron chi connectivity index (χ4n) is 2.12. The molecule has 1 rings (SSSR count). The van der Waals surface area contributed by atoms with E-state index in [9.17, 15) is 9.59 Å². The van der Waals surface area contributed by atoms with Crippen molar-refractivity contribution in [2.45, 2.75) is 39.7 Å². The van der Waals surface area contributed by atoms with Gasteiger partial charge in [0.1, 0.15) is 5.75 Å². The van der Waals surface area contributed by atoms with Crippen molar-refractivity contribution in [3.05, 3.63) is 30.3 Å². The van der Waals surface area contributed by atoms with Crippen LogP contribution < -0.4 is 4.74 Å². The molecule has 0 saturated heterocycles. The first-order chi connectivity index (χ1) is 10.4. The van der Waals surface area contributed by atoms with Crippen LogP contribution in [0.2, 0.25) is 0 Å². The number of ether oxygens (including phenoxy) is 1. The van der Waals surface area contributed by atoms with Gasteiger partial charge in [-0.25, -0.2) is 0 Å². The van der Waals surface area contributed by atoms with Crippen molar-refractivity contribution in [1.82, 2.24) is 4.90 Å². The molecule has 1 aromatic carbocycles. The summed E-state index contributed by atoms with van der Waals surface area (Å²) in [7, 11) is 0. The van der Waals surface area contributed by atoms with Gasteiger partial charge in [0.15, 0.2) is 0 Å². The normalized spacial score (nSPS) is 12.0. The number of hydrogen-bond donors (Lipinski definition) is 1. The van der Waals surface area contributed by atoms with Gasteiger partial charge in [-0.05, 0) is 32.4 Å². The van der Waals surface area contributed by atoms with E-state index >= 15 is 0 Å². The first kappa shape index (κ1) is 18.0. The van der Waals surface area contributed by atoms with Crippen molar-refractivity contribution >= 4 is 11.9 Å². The lowest BCUT2D eigenvalue weighted by Gasteiger charge is -2.29. The minimum atomic E-state index is -0.890. The van der Waals surface area contributed by atoms with Crippen molar-refractivity contribution in [3.63, 3.8) is 0 Å². The Bertz CT molecular complexity index is 473. The largest absolute Gasteiger partial charge is 0.494 e. The molecule has 122 valence electrons. The lowest BCUT2D eigenvalue weighted by Crippen LogP contribution is -2.41. The molecule has 5 heteroatoms. The zero-order valence-electron chi connectivity index (χ0n) is 13.5. The van der Waals surface area contributed by atoms with E-state index in [1.807, 2.05) is 51.1 Å². The molecule has 22 heavy (non-hydrogen) atoms. The van der Waals surface area contributed by atoms with Crippen LogP contribution in [0, 0.1) is 5.92 Å². The number of carboxylic acid groups (broad SMARTS) is 1. The van der Waals surface area contributed by atoms with Crippen molar-refractivity contribution in [1.29, 1.82) is 0 Å². The Morgan fingerprint density at radius 1 is 1.18 bits per heavy atom. The number of benzene rings is 1. The second-order valence-electron chi connectivity index (χ2n) is 5.62. The quantitative estimate of drug-likeness (QED) is 0.762. The molecular weight excluding hydrogens is 282 g/mol. The smallest absolute Gasteiger partial charge is 0.305 e. The molecule has 0 aliphatic heterocycles. The van der Waals surface area contributed by atoms with Crippen molar-refractivity contribution in [2.24, 2.45) is 5.92 Å². The second kappa shape index (κ2) is 9.07. The summed E-state index contributed by atoms with van der Waals surface area (Å²) in [5.41, 5.74) is 0. The molecule has 1 aromatic rings. The molecule has 0 spiro atoms. The van der Waals surface area contributed by atoms with Crippen LogP contribution in [0.15, 0.2) is 30.3 Å². The van der Waals surface area contributed by atoms with E-state index in [-0.39, 0.29) is 30.8 Å². The minimum Gasteiger partial charge on any atom is -0.494 e. The monoisotopic (exact) mass is 307 g/mol. The predicted octanol–water partition coefficient (Wildman–Crippen LogP) is 2.80. The summed E-state index contributed by atoms with van der Waals surface area (Å²) in [6.07, 6.45) is 0.571. The van der Waals surface area contributed by atoms with Crippen LogP contribution in [-0.4, -0.2) is 41.1 Å². The van der Waals surface area contributed by atoms with E-state index < -0.39 is 5.97 Å². The summed E-state index contributed by atoms with van der Waals surface area (Å²) in [6, 6.07) is 9.46. The standard InChI is InChI=1S/C17H25NO4/c1-13(2)18(11-9-16(19)20)17(21)14(3)10-12-22-15-7-5-4-6-8-15/h4-8,13-14H,9-12H2,1-3H3,(H,19,20). The number of carboxylic acids is 1. The Morgan fingerprint density at radius 2 is 1.82 bits per heavy atom. The molecule has 1 atom stereocenters. The molecule has 1 unspecified atom stereocenters. The Kier molecular flexibility index (Phi) is 7.43. The molecule has 0 saturated carbocycles. The fourth-order valence-corrected chi connectivity index (χ4v) is 2.12. The Balaban J connectivity index is 2.45. The van der Waals surface area contributed by atoms with Gasteiger partial charge in [0.05, 0.1) is 13.0 Å². The number of carbonyl (C=O) groups is 2. The van der Waals surface area contributed by atoms with Crippen molar-refractivity contribution < 1.29 is 19.4 Å². The molecule has 0 aliphatic rings. The fraction of sp³-hybridized carbons (Fsp3) is 0.529. The maximum Gasteiger partial charge on any atom is 0.305 e. The molecule has 1 N–H and O–H groups in total. The number of para-hydroxylation sites is 1. The molecule has 5 nitrogen and oxygen atoms in total. The van der Waals surface area contributed by atoms with E-state index in [4.69, 9.17) is 9.84 Å². The van der Waals surface area contributed by atoms with Crippen molar-refractivity contribution in [3.8, 4) is 5.75 Å². The zero-order chi connectivity index (χ0) is 16.5. The van der Waals surface area contributed by atoms with Crippen molar-refractivity contribution in [2.75, 3.05) is 13.2 Å². The average Bonchev–Trinajstić information content (AvgIpc) is 2.47. The highest BCUT2D eigenvalue weighted by molar-refractivity contribution is 5.79. The SMILES string of the molecule is CC(CCOc1ccccc1)C(=O)N(CCC(=O)O)C(C)C. The highest BCUT2D eigenvalue weighted by atomic mass is 16.5. The Labute approximate surface area is 131 Å². The van der Waals surface area contributed by atoms with Crippen LogP contribution in [0.1, 0.15) is 33.6 Å². The van der Waals surface area contributed by atoms with Gasteiger partial charge in [0, 0.05) is 18.5 Å². The van der Waals surface area contributed by atoms with E-state index in [0.717, 1.165) is 5.75 Å². The van der Waals surface area contributed by atoms with Gasteiger partial charge in [-0.1, -0.05) is 25.1 Å². The van der Waals surface area contributed by atoms with Gasteiger partial charge in [-0.3, -0.25) is 9.59 Å². The third-order valence-corrected chi connectivity index (χ3v) is 3.46. The predicted molar refractivity (Wildman–Crippen MR) is 84.8 cm³/mol. The highest BCUT2D eigenvalue weighted by Crippen LogP contribution is 2.14. The molecule has 0 bridgehead atoms. The molecule has 0 heterocycles. The van der Waals surface area contributed by atoms with Gasteiger partial charge in [0.2, 0.25) is 5.91 Å². The maximum absolute atomic E-state index is 12.4. The van der Waals surface area contributed by atoms with Crippen LogP contribution in [0.25, 0.3) is 0 Å². The van der Waals surface area contributed by atoms with Gasteiger partial charge >= 0.3 is 5.97 Å². The maximum atomic E-state index is 12.4. The average molecular weight is 307 g/mol. The Hall–Kier alpha value is -2.04. The van der Waals surface area contributed by atoms with E-state index in [1.165, 1.54) is 0 Å². The van der Waals surface area contributed by atoms with Gasteiger partial charge in [-0.2, -0.15) is 0 Å². The number of carbonyl (C=O) groups excluding carboxylic acids is 1. The minimum absolute atomic E-state index is 0.00987. The summed E-state index contributed by atoms with van der Waals surface area (Å²) in [5, 5.41) is 8.77. The van der Waals surface area contributed by atoms with Gasteiger partial charge in [-0.15, -0.1) is 0 Å². The number of nitrogens with zero attached hydrogens (tertiary/aromatic N) is 1. The first-order valence-electron chi connectivity index (χ1n) is 7.62. The first-order valence-corrected chi connectivity index (χ1v) is 7.62. The summed E-state index contributed by atoms with van der Waals surface area (Å²) in [4.78, 5) is 24.7. The van der Waals surface area contributed by atoms with Crippen LogP contribution in [0.5, 0.6) is 5.75 Å². The number of amides is 1. The van der Waals surface area contributed by atoms with Gasteiger partial charge in [0.25, 0.3) is 0 Å². The van der Waals surface area contributed by atoms with Crippen LogP contribution >= 0.6 is 0 Å². The topological polar surface area (TPSA) is 66.8 Å². The van der Waals surface area contributed by atoms with E-state index in [0.29, 0.717) is 13.0 Å².